The lowest BCUT2D eigenvalue weighted by atomic mass is 10.0. The lowest BCUT2D eigenvalue weighted by Crippen LogP contribution is -2.13. The molecule has 0 saturated carbocycles. The van der Waals surface area contributed by atoms with Gasteiger partial charge in [0.15, 0.2) is 0 Å². The van der Waals surface area contributed by atoms with Gasteiger partial charge in [-0.25, -0.2) is 0 Å². The molecule has 0 aliphatic heterocycles. The molecule has 2 N–H and O–H groups in total. The van der Waals surface area contributed by atoms with Crippen LogP contribution in [-0.2, 0) is 0 Å². The van der Waals surface area contributed by atoms with Crippen molar-refractivity contribution in [3.8, 4) is 0 Å². The molecule has 1 rings (SSSR count). The van der Waals surface area contributed by atoms with E-state index in [9.17, 15) is 0 Å². The summed E-state index contributed by atoms with van der Waals surface area (Å²) >= 11 is 0. The first-order chi connectivity index (χ1) is 8.15. The SMILES string of the molecule is CCCCCCCC(N)c1ncc(C)cc1C. The lowest BCUT2D eigenvalue weighted by molar-refractivity contribution is 0.546. The van der Waals surface area contributed by atoms with Crippen molar-refractivity contribution in [1.29, 1.82) is 0 Å². The third-order valence-corrected chi connectivity index (χ3v) is 3.23. The molecule has 0 radical (unpaired) electrons. The van der Waals surface area contributed by atoms with Gasteiger partial charge in [-0.15, -0.1) is 0 Å². The lowest BCUT2D eigenvalue weighted by Gasteiger charge is -2.13. The largest absolute Gasteiger partial charge is 0.323 e. The molecule has 0 spiro atoms. The van der Waals surface area contributed by atoms with Gasteiger partial charge in [0, 0.05) is 12.2 Å². The van der Waals surface area contributed by atoms with Crippen molar-refractivity contribution in [3.63, 3.8) is 0 Å². The topological polar surface area (TPSA) is 38.9 Å². The number of nitrogens with two attached hydrogens (primary N) is 1. The summed E-state index contributed by atoms with van der Waals surface area (Å²) in [6.07, 6.45) is 9.47. The number of aryl methyl sites for hydroxylation is 2. The zero-order valence-corrected chi connectivity index (χ0v) is 11.5. The van der Waals surface area contributed by atoms with Crippen LogP contribution in [0.3, 0.4) is 0 Å². The van der Waals surface area contributed by atoms with Gasteiger partial charge >= 0.3 is 0 Å². The van der Waals surface area contributed by atoms with Gasteiger partial charge in [-0.05, 0) is 31.4 Å². The molecule has 96 valence electrons. The Hall–Kier alpha value is -0.890. The minimum atomic E-state index is 0.109. The fourth-order valence-corrected chi connectivity index (χ4v) is 2.22. The molecular weight excluding hydrogens is 208 g/mol. The molecular formula is C15H26N2. The smallest absolute Gasteiger partial charge is 0.0600 e. The van der Waals surface area contributed by atoms with Gasteiger partial charge in [0.1, 0.15) is 0 Å². The number of rotatable bonds is 7. The van der Waals surface area contributed by atoms with Crippen molar-refractivity contribution >= 4 is 0 Å². The molecule has 17 heavy (non-hydrogen) atoms. The van der Waals surface area contributed by atoms with Crippen molar-refractivity contribution in [2.75, 3.05) is 0 Å². The molecule has 0 fully saturated rings. The second-order valence-electron chi connectivity index (χ2n) is 5.02. The quantitative estimate of drug-likeness (QED) is 0.723. The molecule has 0 aromatic carbocycles. The van der Waals surface area contributed by atoms with Crippen LogP contribution in [0.2, 0.25) is 0 Å². The summed E-state index contributed by atoms with van der Waals surface area (Å²) in [7, 11) is 0. The molecule has 0 saturated heterocycles. The molecule has 2 nitrogen and oxygen atoms in total. The number of nitrogens with zero attached hydrogens (tertiary/aromatic N) is 1. The Kier molecular flexibility index (Phi) is 6.20. The van der Waals surface area contributed by atoms with Gasteiger partial charge in [-0.3, -0.25) is 4.98 Å². The Morgan fingerprint density at radius 3 is 2.53 bits per heavy atom. The van der Waals surface area contributed by atoms with Crippen LogP contribution in [-0.4, -0.2) is 4.98 Å². The fraction of sp³-hybridized carbons (Fsp3) is 0.667. The summed E-state index contributed by atoms with van der Waals surface area (Å²) in [6, 6.07) is 2.27. The molecule has 2 heteroatoms. The van der Waals surface area contributed by atoms with Crippen LogP contribution < -0.4 is 5.73 Å². The minimum Gasteiger partial charge on any atom is -0.323 e. The molecule has 1 aromatic rings. The van der Waals surface area contributed by atoms with E-state index in [1.807, 2.05) is 6.20 Å². The normalized spacial score (nSPS) is 12.7. The van der Waals surface area contributed by atoms with E-state index in [1.165, 1.54) is 43.2 Å². The van der Waals surface area contributed by atoms with Crippen LogP contribution in [0.1, 0.15) is 68.3 Å². The standard InChI is InChI=1S/C15H26N2/c1-4-5-6-7-8-9-14(16)15-13(3)10-12(2)11-17-15/h10-11,14H,4-9,16H2,1-3H3. The van der Waals surface area contributed by atoms with Crippen LogP contribution in [0.25, 0.3) is 0 Å². The first kappa shape index (κ1) is 14.2. The zero-order chi connectivity index (χ0) is 12.7. The van der Waals surface area contributed by atoms with E-state index >= 15 is 0 Å². The number of pyridine rings is 1. The van der Waals surface area contributed by atoms with E-state index < -0.39 is 0 Å². The second-order valence-corrected chi connectivity index (χ2v) is 5.02. The number of unbranched alkanes of at least 4 members (excludes halogenated alkanes) is 4. The Balaban J connectivity index is 2.38. The molecule has 1 heterocycles. The Morgan fingerprint density at radius 2 is 1.88 bits per heavy atom. The number of hydrogen-bond donors (Lipinski definition) is 1. The van der Waals surface area contributed by atoms with E-state index in [-0.39, 0.29) is 6.04 Å². The Labute approximate surface area is 106 Å². The van der Waals surface area contributed by atoms with Gasteiger partial charge < -0.3 is 5.73 Å². The van der Waals surface area contributed by atoms with E-state index in [4.69, 9.17) is 5.73 Å². The van der Waals surface area contributed by atoms with Gasteiger partial charge in [-0.1, -0.05) is 45.1 Å². The Morgan fingerprint density at radius 1 is 1.18 bits per heavy atom. The highest BCUT2D eigenvalue weighted by Gasteiger charge is 2.10. The summed E-state index contributed by atoms with van der Waals surface area (Å²) in [4.78, 5) is 4.47. The summed E-state index contributed by atoms with van der Waals surface area (Å²) in [5.74, 6) is 0. The molecule has 0 aliphatic carbocycles. The number of hydrogen-bond acceptors (Lipinski definition) is 2. The average molecular weight is 234 g/mol. The van der Waals surface area contributed by atoms with Crippen molar-refractivity contribution in [1.82, 2.24) is 4.98 Å². The summed E-state index contributed by atoms with van der Waals surface area (Å²) in [5.41, 5.74) is 9.71. The van der Waals surface area contributed by atoms with E-state index in [0.717, 1.165) is 12.1 Å². The fourth-order valence-electron chi connectivity index (χ4n) is 2.22. The maximum atomic E-state index is 6.20. The van der Waals surface area contributed by atoms with Gasteiger partial charge in [0.25, 0.3) is 0 Å². The highest BCUT2D eigenvalue weighted by molar-refractivity contribution is 5.25. The molecule has 0 aliphatic rings. The molecule has 1 unspecified atom stereocenters. The van der Waals surface area contributed by atoms with Crippen molar-refractivity contribution < 1.29 is 0 Å². The van der Waals surface area contributed by atoms with Gasteiger partial charge in [0.05, 0.1) is 5.69 Å². The average Bonchev–Trinajstić information content (AvgIpc) is 2.28. The van der Waals surface area contributed by atoms with Crippen molar-refractivity contribution in [2.24, 2.45) is 5.73 Å². The third kappa shape index (κ3) is 4.86. The zero-order valence-electron chi connectivity index (χ0n) is 11.5. The van der Waals surface area contributed by atoms with Crippen LogP contribution >= 0.6 is 0 Å². The molecule has 1 atom stereocenters. The summed E-state index contributed by atoms with van der Waals surface area (Å²) in [6.45, 7) is 6.41. The van der Waals surface area contributed by atoms with Crippen molar-refractivity contribution in [2.45, 2.75) is 65.3 Å². The van der Waals surface area contributed by atoms with E-state index in [0.29, 0.717) is 0 Å². The van der Waals surface area contributed by atoms with Crippen LogP contribution in [0.15, 0.2) is 12.3 Å². The monoisotopic (exact) mass is 234 g/mol. The molecule has 0 amide bonds. The van der Waals surface area contributed by atoms with Crippen LogP contribution in [0.4, 0.5) is 0 Å². The molecule has 0 bridgehead atoms. The highest BCUT2D eigenvalue weighted by atomic mass is 14.8. The van der Waals surface area contributed by atoms with Crippen LogP contribution in [0.5, 0.6) is 0 Å². The maximum Gasteiger partial charge on any atom is 0.0600 e. The van der Waals surface area contributed by atoms with Gasteiger partial charge in [0.2, 0.25) is 0 Å². The molecule has 1 aromatic heterocycles. The first-order valence-corrected chi connectivity index (χ1v) is 6.84. The predicted octanol–water partition coefficient (Wildman–Crippen LogP) is 4.06. The summed E-state index contributed by atoms with van der Waals surface area (Å²) < 4.78 is 0. The van der Waals surface area contributed by atoms with Gasteiger partial charge in [-0.2, -0.15) is 0 Å². The first-order valence-electron chi connectivity index (χ1n) is 6.84. The minimum absolute atomic E-state index is 0.109. The number of aromatic nitrogens is 1. The maximum absolute atomic E-state index is 6.20. The van der Waals surface area contributed by atoms with Crippen molar-refractivity contribution in [3.05, 3.63) is 29.1 Å². The summed E-state index contributed by atoms with van der Waals surface area (Å²) in [5, 5.41) is 0. The van der Waals surface area contributed by atoms with Crippen LogP contribution in [0, 0.1) is 13.8 Å². The predicted molar refractivity (Wildman–Crippen MR) is 74.0 cm³/mol. The highest BCUT2D eigenvalue weighted by Crippen LogP contribution is 2.19. The van der Waals surface area contributed by atoms with E-state index in [1.54, 1.807) is 0 Å². The second kappa shape index (κ2) is 7.44. The third-order valence-electron chi connectivity index (χ3n) is 3.23. The van der Waals surface area contributed by atoms with E-state index in [2.05, 4.69) is 31.8 Å². The Bertz CT molecular complexity index is 334.